The molecule has 0 aromatic carbocycles. The SMILES string of the molecule is CC1(C)CC1C(=O)NC(CO)CO. The van der Waals surface area contributed by atoms with Gasteiger partial charge in [-0.2, -0.15) is 0 Å². The Balaban J connectivity index is 2.34. The van der Waals surface area contributed by atoms with Gasteiger partial charge in [-0.1, -0.05) is 13.8 Å². The molecule has 3 N–H and O–H groups in total. The maximum Gasteiger partial charge on any atom is 0.224 e. The zero-order valence-electron chi connectivity index (χ0n) is 8.08. The third-order valence-electron chi connectivity index (χ3n) is 2.62. The van der Waals surface area contributed by atoms with Crippen molar-refractivity contribution in [3.05, 3.63) is 0 Å². The first-order valence-corrected chi connectivity index (χ1v) is 4.53. The standard InChI is InChI=1S/C9H17NO3/c1-9(2)3-7(9)8(13)10-6(4-11)5-12/h6-7,11-12H,3-5H2,1-2H3,(H,10,13). The molecule has 13 heavy (non-hydrogen) atoms. The largest absolute Gasteiger partial charge is 0.394 e. The minimum absolute atomic E-state index is 0.0492. The van der Waals surface area contributed by atoms with Crippen LogP contribution < -0.4 is 5.32 Å². The second-order valence-corrected chi connectivity index (χ2v) is 4.32. The summed E-state index contributed by atoms with van der Waals surface area (Å²) in [5, 5.41) is 20.1. The topological polar surface area (TPSA) is 69.6 Å². The van der Waals surface area contributed by atoms with E-state index in [4.69, 9.17) is 10.2 Å². The van der Waals surface area contributed by atoms with Gasteiger partial charge >= 0.3 is 0 Å². The van der Waals surface area contributed by atoms with Crippen molar-refractivity contribution in [1.29, 1.82) is 0 Å². The van der Waals surface area contributed by atoms with Gasteiger partial charge in [0.2, 0.25) is 5.91 Å². The first-order valence-electron chi connectivity index (χ1n) is 4.53. The smallest absolute Gasteiger partial charge is 0.224 e. The van der Waals surface area contributed by atoms with E-state index >= 15 is 0 Å². The van der Waals surface area contributed by atoms with Gasteiger partial charge in [-0.05, 0) is 11.8 Å². The van der Waals surface area contributed by atoms with E-state index in [0.29, 0.717) is 0 Å². The molecule has 1 aliphatic rings. The van der Waals surface area contributed by atoms with Crippen LogP contribution in [0.3, 0.4) is 0 Å². The number of aliphatic hydroxyl groups excluding tert-OH is 2. The van der Waals surface area contributed by atoms with Crippen LogP contribution in [0.2, 0.25) is 0 Å². The zero-order valence-corrected chi connectivity index (χ0v) is 8.08. The molecule has 1 amide bonds. The molecule has 0 bridgehead atoms. The van der Waals surface area contributed by atoms with Crippen molar-refractivity contribution in [2.45, 2.75) is 26.3 Å². The van der Waals surface area contributed by atoms with Crippen LogP contribution in [0, 0.1) is 11.3 Å². The summed E-state index contributed by atoms with van der Waals surface area (Å²) >= 11 is 0. The lowest BCUT2D eigenvalue weighted by Crippen LogP contribution is -2.41. The molecule has 4 heteroatoms. The van der Waals surface area contributed by atoms with Crippen LogP contribution in [0.15, 0.2) is 0 Å². The third-order valence-corrected chi connectivity index (χ3v) is 2.62. The van der Waals surface area contributed by atoms with Crippen LogP contribution >= 0.6 is 0 Å². The molecule has 76 valence electrons. The summed E-state index contributed by atoms with van der Waals surface area (Å²) in [7, 11) is 0. The van der Waals surface area contributed by atoms with Crippen LogP contribution in [-0.2, 0) is 4.79 Å². The van der Waals surface area contributed by atoms with Crippen molar-refractivity contribution >= 4 is 5.91 Å². The first-order chi connectivity index (χ1) is 6.01. The summed E-state index contributed by atoms with van der Waals surface area (Å²) in [6.45, 7) is 3.64. The highest BCUT2D eigenvalue weighted by atomic mass is 16.3. The van der Waals surface area contributed by atoms with E-state index in [1.54, 1.807) is 0 Å². The highest BCUT2D eigenvalue weighted by Crippen LogP contribution is 2.51. The van der Waals surface area contributed by atoms with Crippen LogP contribution in [0.25, 0.3) is 0 Å². The van der Waals surface area contributed by atoms with Gasteiger partial charge in [0.25, 0.3) is 0 Å². The monoisotopic (exact) mass is 187 g/mol. The third kappa shape index (κ3) is 2.42. The molecule has 1 aliphatic carbocycles. The highest BCUT2D eigenvalue weighted by molar-refractivity contribution is 5.82. The number of hydrogen-bond acceptors (Lipinski definition) is 3. The summed E-state index contributed by atoms with van der Waals surface area (Å²) in [5.74, 6) is -0.00815. The molecule has 0 aromatic rings. The molecule has 1 saturated carbocycles. The van der Waals surface area contributed by atoms with Crippen molar-refractivity contribution in [3.63, 3.8) is 0 Å². The Morgan fingerprint density at radius 2 is 2.00 bits per heavy atom. The summed E-state index contributed by atoms with van der Waals surface area (Å²) < 4.78 is 0. The predicted molar refractivity (Wildman–Crippen MR) is 48.0 cm³/mol. The molecule has 4 nitrogen and oxygen atoms in total. The zero-order chi connectivity index (χ0) is 10.1. The fourth-order valence-electron chi connectivity index (χ4n) is 1.37. The molecule has 1 atom stereocenters. The van der Waals surface area contributed by atoms with E-state index in [-0.39, 0.29) is 30.5 Å². The van der Waals surface area contributed by atoms with Gasteiger partial charge in [0.05, 0.1) is 19.3 Å². The van der Waals surface area contributed by atoms with Gasteiger partial charge in [-0.3, -0.25) is 4.79 Å². The van der Waals surface area contributed by atoms with Crippen molar-refractivity contribution in [2.75, 3.05) is 13.2 Å². The summed E-state index contributed by atoms with van der Waals surface area (Å²) in [6.07, 6.45) is 0.891. The first kappa shape index (κ1) is 10.5. The van der Waals surface area contributed by atoms with E-state index in [9.17, 15) is 4.79 Å². The highest BCUT2D eigenvalue weighted by Gasteiger charge is 2.50. The Hall–Kier alpha value is -0.610. The van der Waals surface area contributed by atoms with E-state index in [0.717, 1.165) is 6.42 Å². The molecular weight excluding hydrogens is 170 g/mol. The van der Waals surface area contributed by atoms with Gasteiger partial charge in [-0.15, -0.1) is 0 Å². The second-order valence-electron chi connectivity index (χ2n) is 4.32. The molecule has 1 fully saturated rings. The number of amides is 1. The average molecular weight is 187 g/mol. The molecular formula is C9H17NO3. The van der Waals surface area contributed by atoms with E-state index in [1.165, 1.54) is 0 Å². The number of nitrogens with one attached hydrogen (secondary N) is 1. The van der Waals surface area contributed by atoms with Gasteiger partial charge in [0, 0.05) is 5.92 Å². The van der Waals surface area contributed by atoms with Crippen LogP contribution in [0.5, 0.6) is 0 Å². The van der Waals surface area contributed by atoms with Crippen LogP contribution in [-0.4, -0.2) is 35.4 Å². The van der Waals surface area contributed by atoms with E-state index < -0.39 is 6.04 Å². The Labute approximate surface area is 78.0 Å². The van der Waals surface area contributed by atoms with Crippen molar-refractivity contribution in [3.8, 4) is 0 Å². The molecule has 1 unspecified atom stereocenters. The molecule has 0 saturated heterocycles. The molecule has 0 radical (unpaired) electrons. The van der Waals surface area contributed by atoms with Crippen LogP contribution in [0.1, 0.15) is 20.3 Å². The average Bonchev–Trinajstić information content (AvgIpc) is 2.70. The quantitative estimate of drug-likeness (QED) is 0.556. The molecule has 0 aliphatic heterocycles. The second kappa shape index (κ2) is 3.64. The van der Waals surface area contributed by atoms with Gasteiger partial charge in [-0.25, -0.2) is 0 Å². The lowest BCUT2D eigenvalue weighted by molar-refractivity contribution is -0.124. The number of aliphatic hydroxyl groups is 2. The van der Waals surface area contributed by atoms with Crippen molar-refractivity contribution in [1.82, 2.24) is 5.32 Å². The molecule has 0 heterocycles. The maximum absolute atomic E-state index is 11.4. The van der Waals surface area contributed by atoms with Gasteiger partial charge in [0.1, 0.15) is 0 Å². The minimum atomic E-state index is -0.510. The Morgan fingerprint density at radius 3 is 2.31 bits per heavy atom. The lowest BCUT2D eigenvalue weighted by Gasteiger charge is -2.13. The molecule has 0 spiro atoms. The van der Waals surface area contributed by atoms with Crippen molar-refractivity contribution < 1.29 is 15.0 Å². The van der Waals surface area contributed by atoms with Crippen LogP contribution in [0.4, 0.5) is 0 Å². The maximum atomic E-state index is 11.4. The summed E-state index contributed by atoms with van der Waals surface area (Å²) in [5.41, 5.74) is 0.0968. The number of carbonyl (C=O) groups excluding carboxylic acids is 1. The summed E-state index contributed by atoms with van der Waals surface area (Å²) in [6, 6.07) is -0.510. The van der Waals surface area contributed by atoms with E-state index in [2.05, 4.69) is 5.32 Å². The lowest BCUT2D eigenvalue weighted by atomic mass is 10.1. The summed E-state index contributed by atoms with van der Waals surface area (Å²) in [4.78, 5) is 11.4. The number of rotatable bonds is 4. The molecule has 1 rings (SSSR count). The minimum Gasteiger partial charge on any atom is -0.394 e. The van der Waals surface area contributed by atoms with Gasteiger partial charge < -0.3 is 15.5 Å². The fraction of sp³-hybridized carbons (Fsp3) is 0.889. The Morgan fingerprint density at radius 1 is 1.54 bits per heavy atom. The molecule has 0 aromatic heterocycles. The number of hydrogen-bond donors (Lipinski definition) is 3. The Bertz CT molecular complexity index is 199. The Kier molecular flexibility index (Phi) is 2.93. The predicted octanol–water partition coefficient (Wildman–Crippen LogP) is -0.498. The van der Waals surface area contributed by atoms with E-state index in [1.807, 2.05) is 13.8 Å². The van der Waals surface area contributed by atoms with Crippen molar-refractivity contribution in [2.24, 2.45) is 11.3 Å². The van der Waals surface area contributed by atoms with Gasteiger partial charge in [0.15, 0.2) is 0 Å². The normalized spacial score (nSPS) is 24.5. The fourth-order valence-corrected chi connectivity index (χ4v) is 1.37. The number of carbonyl (C=O) groups is 1.